The van der Waals surface area contributed by atoms with E-state index in [-0.39, 0.29) is 0 Å². The van der Waals surface area contributed by atoms with Crippen molar-refractivity contribution in [2.45, 2.75) is 10.1 Å². The summed E-state index contributed by atoms with van der Waals surface area (Å²) in [6.07, 6.45) is 1.40. The minimum absolute atomic E-state index is 0.363. The van der Waals surface area contributed by atoms with Gasteiger partial charge in [0.2, 0.25) is 0 Å². The van der Waals surface area contributed by atoms with Crippen LogP contribution < -0.4 is 15.2 Å². The molecule has 0 unspecified atom stereocenters. The van der Waals surface area contributed by atoms with Crippen molar-refractivity contribution in [3.63, 3.8) is 0 Å². The van der Waals surface area contributed by atoms with Crippen LogP contribution in [-0.4, -0.2) is 34.2 Å². The Kier molecular flexibility index (Phi) is 4.55. The lowest BCUT2D eigenvalue weighted by Gasteiger charge is -2.15. The normalized spacial score (nSPS) is 10.9. The second kappa shape index (κ2) is 7.16. The van der Waals surface area contributed by atoms with Crippen LogP contribution in [0.2, 0.25) is 0 Å². The molecule has 0 radical (unpaired) electrons. The quantitative estimate of drug-likeness (QED) is 0.544. The van der Waals surface area contributed by atoms with E-state index in [1.165, 1.54) is 18.1 Å². The second-order valence-corrected chi connectivity index (χ2v) is 6.70. The molecule has 2 aromatic carbocycles. The molecule has 136 valence electrons. The average Bonchev–Trinajstić information content (AvgIpc) is 3.12. The Balaban J connectivity index is 1.82. The van der Waals surface area contributed by atoms with Crippen LogP contribution in [0.4, 0.5) is 5.82 Å². The molecule has 2 heterocycles. The molecule has 0 saturated carbocycles. The fourth-order valence-electron chi connectivity index (χ4n) is 2.79. The van der Waals surface area contributed by atoms with Crippen LogP contribution in [0.5, 0.6) is 11.5 Å². The fraction of sp³-hybridized carbons (Fsp3) is 0.105. The molecule has 0 saturated heterocycles. The zero-order valence-electron chi connectivity index (χ0n) is 14.8. The number of benzene rings is 2. The first-order valence-corrected chi connectivity index (χ1v) is 8.96. The number of rotatable bonds is 5. The Morgan fingerprint density at radius 2 is 1.85 bits per heavy atom. The van der Waals surface area contributed by atoms with Crippen molar-refractivity contribution in [2.24, 2.45) is 0 Å². The molecule has 0 spiro atoms. The fourth-order valence-corrected chi connectivity index (χ4v) is 3.75. The van der Waals surface area contributed by atoms with Crippen LogP contribution in [0.3, 0.4) is 0 Å². The predicted molar refractivity (Wildman–Crippen MR) is 105 cm³/mol. The topological polar surface area (TPSA) is 98.9 Å². The van der Waals surface area contributed by atoms with Crippen LogP contribution >= 0.6 is 11.8 Å². The summed E-state index contributed by atoms with van der Waals surface area (Å²) in [5.41, 5.74) is 9.00. The van der Waals surface area contributed by atoms with Gasteiger partial charge < -0.3 is 20.2 Å². The molecule has 27 heavy (non-hydrogen) atoms. The van der Waals surface area contributed by atoms with Gasteiger partial charge in [-0.25, -0.2) is 15.0 Å². The van der Waals surface area contributed by atoms with Crippen molar-refractivity contribution in [3.05, 3.63) is 48.8 Å². The summed E-state index contributed by atoms with van der Waals surface area (Å²) in [5.74, 6) is 1.83. The second-order valence-electron chi connectivity index (χ2n) is 5.67. The van der Waals surface area contributed by atoms with Crippen LogP contribution in [0.15, 0.2) is 58.8 Å². The highest BCUT2D eigenvalue weighted by Gasteiger charge is 2.17. The van der Waals surface area contributed by atoms with Gasteiger partial charge in [0.25, 0.3) is 0 Å². The zero-order chi connectivity index (χ0) is 18.8. The van der Waals surface area contributed by atoms with E-state index < -0.39 is 0 Å². The van der Waals surface area contributed by atoms with Gasteiger partial charge in [-0.2, -0.15) is 0 Å². The number of nitrogens with two attached hydrogens (primary N) is 1. The number of anilines is 1. The van der Waals surface area contributed by atoms with Crippen molar-refractivity contribution in [3.8, 4) is 22.6 Å². The third-order valence-corrected chi connectivity index (χ3v) is 4.97. The minimum Gasteiger partial charge on any atom is -0.497 e. The maximum absolute atomic E-state index is 5.89. The number of H-pyrrole nitrogens is 1. The van der Waals surface area contributed by atoms with Gasteiger partial charge in [0, 0.05) is 5.56 Å². The van der Waals surface area contributed by atoms with E-state index in [0.717, 1.165) is 27.5 Å². The molecule has 3 N–H and O–H groups in total. The Morgan fingerprint density at radius 1 is 1.04 bits per heavy atom. The molecule has 0 amide bonds. The Hall–Kier alpha value is -3.26. The predicted octanol–water partition coefficient (Wildman–Crippen LogP) is 3.77. The highest BCUT2D eigenvalue weighted by Crippen LogP contribution is 2.43. The molecule has 0 bridgehead atoms. The van der Waals surface area contributed by atoms with Crippen LogP contribution in [0.1, 0.15) is 0 Å². The Morgan fingerprint density at radius 3 is 2.56 bits per heavy atom. The smallest absolute Gasteiger partial charge is 0.183 e. The average molecular weight is 379 g/mol. The van der Waals surface area contributed by atoms with Gasteiger partial charge in [-0.05, 0) is 29.5 Å². The number of imidazole rings is 1. The molecular weight excluding hydrogens is 362 g/mol. The summed E-state index contributed by atoms with van der Waals surface area (Å²) >= 11 is 1.42. The summed E-state index contributed by atoms with van der Waals surface area (Å²) in [5, 5.41) is 0.641. The summed E-state index contributed by atoms with van der Waals surface area (Å²) < 4.78 is 11.2. The van der Waals surface area contributed by atoms with Crippen LogP contribution in [0, 0.1) is 0 Å². The van der Waals surface area contributed by atoms with Gasteiger partial charge >= 0.3 is 0 Å². The monoisotopic (exact) mass is 379 g/mol. The van der Waals surface area contributed by atoms with Gasteiger partial charge in [-0.1, -0.05) is 30.3 Å². The van der Waals surface area contributed by atoms with Crippen LogP contribution in [-0.2, 0) is 0 Å². The van der Waals surface area contributed by atoms with Crippen molar-refractivity contribution in [1.29, 1.82) is 0 Å². The third-order valence-electron chi connectivity index (χ3n) is 4.06. The highest BCUT2D eigenvalue weighted by molar-refractivity contribution is 7.99. The van der Waals surface area contributed by atoms with Crippen molar-refractivity contribution in [2.75, 3.05) is 20.0 Å². The number of aromatic amines is 1. The van der Waals surface area contributed by atoms with Crippen molar-refractivity contribution >= 4 is 28.7 Å². The van der Waals surface area contributed by atoms with Crippen molar-refractivity contribution in [1.82, 2.24) is 19.9 Å². The SMILES string of the molecule is COc1cc(Sc2nc3ncnc(N)c3[nH]2)c(OC)c(-c2ccccc2)c1. The van der Waals surface area contributed by atoms with Crippen molar-refractivity contribution < 1.29 is 9.47 Å². The number of fused-ring (bicyclic) bond motifs is 1. The number of ether oxygens (including phenoxy) is 2. The van der Waals surface area contributed by atoms with Gasteiger partial charge in [-0.3, -0.25) is 0 Å². The molecule has 4 rings (SSSR count). The Bertz CT molecular complexity index is 1100. The molecule has 0 aliphatic rings. The molecule has 7 nitrogen and oxygen atoms in total. The van der Waals surface area contributed by atoms with E-state index in [1.807, 2.05) is 42.5 Å². The number of hydrogen-bond acceptors (Lipinski definition) is 7. The molecule has 4 aromatic rings. The largest absolute Gasteiger partial charge is 0.497 e. The van der Waals surface area contributed by atoms with E-state index in [4.69, 9.17) is 15.2 Å². The number of nitrogen functional groups attached to an aromatic ring is 1. The lowest BCUT2D eigenvalue weighted by atomic mass is 10.0. The van der Waals surface area contributed by atoms with Gasteiger partial charge in [0.05, 0.1) is 19.1 Å². The number of nitrogens with one attached hydrogen (secondary N) is 1. The first kappa shape index (κ1) is 17.2. The first-order valence-electron chi connectivity index (χ1n) is 8.15. The molecule has 0 aliphatic carbocycles. The molecule has 2 aromatic heterocycles. The number of nitrogens with zero attached hydrogens (tertiary/aromatic N) is 3. The lowest BCUT2D eigenvalue weighted by molar-refractivity contribution is 0.396. The van der Waals surface area contributed by atoms with Gasteiger partial charge in [0.15, 0.2) is 16.6 Å². The highest BCUT2D eigenvalue weighted by atomic mass is 32.2. The first-order chi connectivity index (χ1) is 13.2. The lowest BCUT2D eigenvalue weighted by Crippen LogP contribution is -1.94. The standard InChI is InChI=1S/C19H17N5O2S/c1-25-12-8-13(11-6-4-3-5-7-11)16(26-2)14(9-12)27-19-23-15-17(20)21-10-22-18(15)24-19/h3-10H,1-2H3,(H3,20,21,22,23,24). The number of aromatic nitrogens is 4. The molecule has 0 aliphatic heterocycles. The van der Waals surface area contributed by atoms with Gasteiger partial charge in [0.1, 0.15) is 23.3 Å². The number of hydrogen-bond donors (Lipinski definition) is 2. The third kappa shape index (κ3) is 3.26. The zero-order valence-corrected chi connectivity index (χ0v) is 15.6. The maximum Gasteiger partial charge on any atom is 0.183 e. The molecular formula is C19H17N5O2S. The summed E-state index contributed by atoms with van der Waals surface area (Å²) in [4.78, 5) is 16.6. The van der Waals surface area contributed by atoms with Crippen LogP contribution in [0.25, 0.3) is 22.3 Å². The van der Waals surface area contributed by atoms with Gasteiger partial charge in [-0.15, -0.1) is 0 Å². The maximum atomic E-state index is 5.89. The summed E-state index contributed by atoms with van der Waals surface area (Å²) in [6.45, 7) is 0. The van der Waals surface area contributed by atoms with E-state index in [2.05, 4.69) is 19.9 Å². The van der Waals surface area contributed by atoms with E-state index in [0.29, 0.717) is 22.1 Å². The molecule has 0 fully saturated rings. The van der Waals surface area contributed by atoms with E-state index >= 15 is 0 Å². The van der Waals surface area contributed by atoms with E-state index in [1.54, 1.807) is 14.2 Å². The minimum atomic E-state index is 0.363. The summed E-state index contributed by atoms with van der Waals surface area (Å²) in [7, 11) is 3.29. The molecule has 8 heteroatoms. The Labute approximate surface area is 160 Å². The molecule has 0 atom stereocenters. The van der Waals surface area contributed by atoms with E-state index in [9.17, 15) is 0 Å². The number of methoxy groups -OCH3 is 2. The summed E-state index contributed by atoms with van der Waals surface area (Å²) in [6, 6.07) is 13.9.